The normalized spacial score (nSPS) is 19.1. The number of pyridine rings is 1. The number of anilines is 1. The molecule has 0 bridgehead atoms. The number of aromatic nitrogens is 3. The zero-order valence-electron chi connectivity index (χ0n) is 14.4. The molecule has 0 aliphatic carbocycles. The summed E-state index contributed by atoms with van der Waals surface area (Å²) in [5.41, 5.74) is 5.25. The van der Waals surface area contributed by atoms with Crippen LogP contribution >= 0.6 is 11.6 Å². The molecule has 1 aromatic carbocycles. The topological polar surface area (TPSA) is 81.1 Å². The van der Waals surface area contributed by atoms with Gasteiger partial charge in [-0.25, -0.2) is 0 Å². The van der Waals surface area contributed by atoms with E-state index in [1.54, 1.807) is 23.3 Å². The molecule has 1 saturated heterocycles. The summed E-state index contributed by atoms with van der Waals surface area (Å²) in [7, 11) is 0. The lowest BCUT2D eigenvalue weighted by atomic mass is 10.1. The average molecular weight is 384 g/mol. The largest absolute Gasteiger partial charge is 0.322 e. The number of carbonyl (C=O) groups excluding carboxylic acids is 1. The van der Waals surface area contributed by atoms with Gasteiger partial charge in [-0.05, 0) is 29.8 Å². The summed E-state index contributed by atoms with van der Waals surface area (Å²) in [5, 5.41) is 7.83. The molecule has 138 valence electrons. The number of hydrogen-bond donors (Lipinski definition) is 2. The standard InChI is InChI=1S/C19H18ClN5O2/c20-14-5-3-4-13(8-14)11-25-12-15(10-22-25)23-19(26)17-9-18(27-24-17)16-6-1-2-7-21-16/h1-8,10,12,17-18,24H,9,11H2,(H,23,26). The van der Waals surface area contributed by atoms with Gasteiger partial charge in [0.1, 0.15) is 12.1 Å². The summed E-state index contributed by atoms with van der Waals surface area (Å²) in [6.45, 7) is 0.572. The second kappa shape index (κ2) is 7.87. The number of rotatable bonds is 5. The molecule has 1 aliphatic heterocycles. The second-order valence-corrected chi connectivity index (χ2v) is 6.75. The van der Waals surface area contributed by atoms with E-state index >= 15 is 0 Å². The van der Waals surface area contributed by atoms with Gasteiger partial charge >= 0.3 is 0 Å². The van der Waals surface area contributed by atoms with E-state index in [1.165, 1.54) is 0 Å². The molecule has 0 saturated carbocycles. The number of nitrogens with zero attached hydrogens (tertiary/aromatic N) is 3. The number of halogens is 1. The predicted molar refractivity (Wildman–Crippen MR) is 101 cm³/mol. The molecule has 4 rings (SSSR count). The lowest BCUT2D eigenvalue weighted by Crippen LogP contribution is -2.34. The van der Waals surface area contributed by atoms with Crippen LogP contribution < -0.4 is 10.8 Å². The third-order valence-corrected chi connectivity index (χ3v) is 4.51. The van der Waals surface area contributed by atoms with Crippen molar-refractivity contribution < 1.29 is 9.63 Å². The molecule has 2 atom stereocenters. The summed E-state index contributed by atoms with van der Waals surface area (Å²) in [5.74, 6) is -0.171. The van der Waals surface area contributed by atoms with Crippen LogP contribution in [0.5, 0.6) is 0 Å². The molecular weight excluding hydrogens is 366 g/mol. The number of hydrogen-bond acceptors (Lipinski definition) is 5. The zero-order valence-corrected chi connectivity index (χ0v) is 15.1. The molecule has 3 heterocycles. The fraction of sp³-hybridized carbons (Fsp3) is 0.211. The Balaban J connectivity index is 1.34. The molecule has 3 aromatic rings. The molecular formula is C19H18ClN5O2. The molecule has 27 heavy (non-hydrogen) atoms. The highest BCUT2D eigenvalue weighted by atomic mass is 35.5. The first kappa shape index (κ1) is 17.7. The van der Waals surface area contributed by atoms with Crippen LogP contribution in [0.2, 0.25) is 5.02 Å². The Labute approximate surface area is 161 Å². The fourth-order valence-corrected chi connectivity index (χ4v) is 3.16. The van der Waals surface area contributed by atoms with E-state index in [4.69, 9.17) is 16.4 Å². The molecule has 7 nitrogen and oxygen atoms in total. The van der Waals surface area contributed by atoms with Gasteiger partial charge in [0.2, 0.25) is 5.91 Å². The first-order valence-electron chi connectivity index (χ1n) is 8.57. The quantitative estimate of drug-likeness (QED) is 0.708. The molecule has 0 spiro atoms. The minimum Gasteiger partial charge on any atom is -0.322 e. The molecule has 0 radical (unpaired) electrons. The predicted octanol–water partition coefficient (Wildman–Crippen LogP) is 2.95. The Morgan fingerprint density at radius 3 is 3.07 bits per heavy atom. The number of hydroxylamine groups is 1. The van der Waals surface area contributed by atoms with E-state index in [1.807, 2.05) is 42.5 Å². The second-order valence-electron chi connectivity index (χ2n) is 6.31. The van der Waals surface area contributed by atoms with Crippen LogP contribution in [-0.2, 0) is 16.2 Å². The smallest absolute Gasteiger partial charge is 0.244 e. The lowest BCUT2D eigenvalue weighted by Gasteiger charge is -2.08. The Morgan fingerprint density at radius 2 is 2.26 bits per heavy atom. The zero-order chi connectivity index (χ0) is 18.6. The molecule has 2 aromatic heterocycles. The molecule has 8 heteroatoms. The van der Waals surface area contributed by atoms with Crippen LogP contribution in [0.3, 0.4) is 0 Å². The van der Waals surface area contributed by atoms with Crippen molar-refractivity contribution in [1.29, 1.82) is 0 Å². The monoisotopic (exact) mass is 383 g/mol. The van der Waals surface area contributed by atoms with Crippen molar-refractivity contribution >= 4 is 23.2 Å². The van der Waals surface area contributed by atoms with Crippen LogP contribution in [-0.4, -0.2) is 26.7 Å². The van der Waals surface area contributed by atoms with E-state index in [0.717, 1.165) is 11.3 Å². The first-order valence-corrected chi connectivity index (χ1v) is 8.95. The summed E-state index contributed by atoms with van der Waals surface area (Å²) in [4.78, 5) is 22.2. The van der Waals surface area contributed by atoms with E-state index < -0.39 is 6.04 Å². The summed E-state index contributed by atoms with van der Waals surface area (Å²) in [6.07, 6.45) is 5.38. The highest BCUT2D eigenvalue weighted by molar-refractivity contribution is 6.30. The van der Waals surface area contributed by atoms with Gasteiger partial charge in [0.25, 0.3) is 0 Å². The van der Waals surface area contributed by atoms with E-state index in [2.05, 4.69) is 20.9 Å². The average Bonchev–Trinajstić information content (AvgIpc) is 3.32. The van der Waals surface area contributed by atoms with Gasteiger partial charge in [0.05, 0.1) is 24.1 Å². The highest BCUT2D eigenvalue weighted by Gasteiger charge is 2.32. The van der Waals surface area contributed by atoms with Gasteiger partial charge in [-0.1, -0.05) is 29.8 Å². The molecule has 1 amide bonds. The van der Waals surface area contributed by atoms with Gasteiger partial charge < -0.3 is 5.32 Å². The Morgan fingerprint density at radius 1 is 1.33 bits per heavy atom. The van der Waals surface area contributed by atoms with Gasteiger partial charge in [0.15, 0.2) is 0 Å². The van der Waals surface area contributed by atoms with E-state index in [0.29, 0.717) is 23.7 Å². The molecule has 1 aliphatic rings. The van der Waals surface area contributed by atoms with Crippen LogP contribution in [0.15, 0.2) is 61.1 Å². The number of nitrogens with one attached hydrogen (secondary N) is 2. The Bertz CT molecular complexity index is 931. The summed E-state index contributed by atoms with van der Waals surface area (Å²) in [6, 6.07) is 12.8. The van der Waals surface area contributed by atoms with Crippen LogP contribution in [0.4, 0.5) is 5.69 Å². The van der Waals surface area contributed by atoms with Crippen LogP contribution in [0.1, 0.15) is 23.8 Å². The van der Waals surface area contributed by atoms with Crippen molar-refractivity contribution in [3.8, 4) is 0 Å². The molecule has 2 N–H and O–H groups in total. The Kier molecular flexibility index (Phi) is 5.15. The van der Waals surface area contributed by atoms with Crippen molar-refractivity contribution in [1.82, 2.24) is 20.2 Å². The van der Waals surface area contributed by atoms with Crippen LogP contribution in [0.25, 0.3) is 0 Å². The van der Waals surface area contributed by atoms with Crippen molar-refractivity contribution in [3.05, 3.63) is 77.3 Å². The van der Waals surface area contributed by atoms with Gasteiger partial charge in [-0.3, -0.25) is 19.3 Å². The first-order chi connectivity index (χ1) is 13.2. The highest BCUT2D eigenvalue weighted by Crippen LogP contribution is 2.26. The third kappa shape index (κ3) is 4.33. The molecule has 2 unspecified atom stereocenters. The van der Waals surface area contributed by atoms with Crippen molar-refractivity contribution in [3.63, 3.8) is 0 Å². The van der Waals surface area contributed by atoms with E-state index in [-0.39, 0.29) is 12.0 Å². The SMILES string of the molecule is O=C(Nc1cnn(Cc2cccc(Cl)c2)c1)C1CC(c2ccccn2)ON1. The third-order valence-electron chi connectivity index (χ3n) is 4.27. The van der Waals surface area contributed by atoms with Crippen molar-refractivity contribution in [2.45, 2.75) is 25.1 Å². The van der Waals surface area contributed by atoms with E-state index in [9.17, 15) is 4.79 Å². The minimum atomic E-state index is -0.451. The number of benzene rings is 1. The van der Waals surface area contributed by atoms with Gasteiger partial charge in [-0.2, -0.15) is 10.6 Å². The maximum Gasteiger partial charge on any atom is 0.244 e. The summed E-state index contributed by atoms with van der Waals surface area (Å²) >= 11 is 6.00. The van der Waals surface area contributed by atoms with Crippen LogP contribution in [0, 0.1) is 0 Å². The molecule has 1 fully saturated rings. The van der Waals surface area contributed by atoms with Crippen molar-refractivity contribution in [2.24, 2.45) is 0 Å². The Hall–Kier alpha value is -2.74. The fourth-order valence-electron chi connectivity index (χ4n) is 2.95. The number of carbonyl (C=O) groups is 1. The number of amides is 1. The maximum atomic E-state index is 12.5. The summed E-state index contributed by atoms with van der Waals surface area (Å²) < 4.78 is 1.75. The lowest BCUT2D eigenvalue weighted by molar-refractivity contribution is -0.119. The van der Waals surface area contributed by atoms with Gasteiger partial charge in [0, 0.05) is 23.8 Å². The van der Waals surface area contributed by atoms with Gasteiger partial charge in [-0.15, -0.1) is 0 Å². The maximum absolute atomic E-state index is 12.5. The minimum absolute atomic E-state index is 0.171. The van der Waals surface area contributed by atoms with Crippen molar-refractivity contribution in [2.75, 3.05) is 5.32 Å².